The van der Waals surface area contributed by atoms with Gasteiger partial charge < -0.3 is 10.4 Å². The number of hydrogen-bond acceptors (Lipinski definition) is 2. The number of aromatic hydroxyl groups is 1. The fraction of sp³-hybridized carbons (Fsp3) is 0. The minimum absolute atomic E-state index is 0.00941. The van der Waals surface area contributed by atoms with Gasteiger partial charge in [0.2, 0.25) is 0 Å². The van der Waals surface area contributed by atoms with Gasteiger partial charge in [-0.1, -0.05) is 29.3 Å². The summed E-state index contributed by atoms with van der Waals surface area (Å²) in [5, 5.41) is 12.8. The van der Waals surface area contributed by atoms with E-state index in [9.17, 15) is 9.90 Å². The Labute approximate surface area is 128 Å². The summed E-state index contributed by atoms with van der Waals surface area (Å²) in [5.41, 5.74) is 0.735. The Bertz CT molecular complexity index is 647. The van der Waals surface area contributed by atoms with Crippen molar-refractivity contribution in [3.63, 3.8) is 0 Å². The average Bonchev–Trinajstić information content (AvgIpc) is 2.38. The molecular formula is C13H8BrCl2NO2. The molecule has 98 valence electrons. The number of anilines is 1. The lowest BCUT2D eigenvalue weighted by atomic mass is 10.2. The van der Waals surface area contributed by atoms with Gasteiger partial charge in [0.1, 0.15) is 5.75 Å². The van der Waals surface area contributed by atoms with E-state index in [-0.39, 0.29) is 16.7 Å². The van der Waals surface area contributed by atoms with E-state index in [1.807, 2.05) is 0 Å². The zero-order chi connectivity index (χ0) is 14.0. The number of carbonyl (C=O) groups excluding carboxylic acids is 1. The highest BCUT2D eigenvalue weighted by molar-refractivity contribution is 9.10. The van der Waals surface area contributed by atoms with Crippen molar-refractivity contribution < 1.29 is 9.90 Å². The number of rotatable bonds is 2. The van der Waals surface area contributed by atoms with E-state index in [1.54, 1.807) is 30.3 Å². The van der Waals surface area contributed by atoms with Crippen molar-refractivity contribution in [3.8, 4) is 5.75 Å². The molecule has 0 spiro atoms. The lowest BCUT2D eigenvalue weighted by Crippen LogP contribution is -2.12. The molecule has 0 aliphatic heterocycles. The van der Waals surface area contributed by atoms with Gasteiger partial charge in [0.15, 0.2) is 0 Å². The van der Waals surface area contributed by atoms with Crippen LogP contribution in [0.4, 0.5) is 5.69 Å². The summed E-state index contributed by atoms with van der Waals surface area (Å²) in [7, 11) is 0. The van der Waals surface area contributed by atoms with E-state index >= 15 is 0 Å². The summed E-state index contributed by atoms with van der Waals surface area (Å²) >= 11 is 15.0. The van der Waals surface area contributed by atoms with Crippen LogP contribution < -0.4 is 5.32 Å². The molecule has 0 aliphatic carbocycles. The van der Waals surface area contributed by atoms with Crippen LogP contribution in [-0.4, -0.2) is 11.0 Å². The van der Waals surface area contributed by atoms with Crippen LogP contribution in [0.25, 0.3) is 0 Å². The van der Waals surface area contributed by atoms with Crippen molar-refractivity contribution in [2.75, 3.05) is 5.32 Å². The van der Waals surface area contributed by atoms with E-state index in [2.05, 4.69) is 21.2 Å². The highest BCUT2D eigenvalue weighted by Gasteiger charge is 2.11. The number of phenolic OH excluding ortho intramolecular Hbond substituents is 1. The first-order valence-electron chi connectivity index (χ1n) is 5.23. The first-order valence-corrected chi connectivity index (χ1v) is 6.78. The lowest BCUT2D eigenvalue weighted by Gasteiger charge is -2.08. The quantitative estimate of drug-likeness (QED) is 0.814. The van der Waals surface area contributed by atoms with E-state index in [4.69, 9.17) is 23.2 Å². The van der Waals surface area contributed by atoms with Gasteiger partial charge in [-0.25, -0.2) is 0 Å². The maximum Gasteiger partial charge on any atom is 0.255 e. The zero-order valence-electron chi connectivity index (χ0n) is 9.45. The number of halogens is 3. The Hall–Kier alpha value is -1.23. The van der Waals surface area contributed by atoms with Crippen molar-refractivity contribution in [2.45, 2.75) is 0 Å². The molecular weight excluding hydrogens is 353 g/mol. The Morgan fingerprint density at radius 2 is 1.95 bits per heavy atom. The van der Waals surface area contributed by atoms with Gasteiger partial charge in [0, 0.05) is 5.56 Å². The van der Waals surface area contributed by atoms with Crippen LogP contribution in [0.2, 0.25) is 10.0 Å². The van der Waals surface area contributed by atoms with Crippen molar-refractivity contribution in [2.24, 2.45) is 0 Å². The van der Waals surface area contributed by atoms with Gasteiger partial charge >= 0.3 is 0 Å². The number of hydrogen-bond donors (Lipinski definition) is 2. The number of amides is 1. The molecule has 0 fully saturated rings. The second-order valence-electron chi connectivity index (χ2n) is 3.72. The summed E-state index contributed by atoms with van der Waals surface area (Å²) < 4.78 is 0.518. The standard InChI is InChI=1S/C13H8BrCl2NO2/c14-8-5-4-7(6-11(8)18)13(19)17-10-3-1-2-9(15)12(10)16/h1-6,18H,(H,17,19). The summed E-state index contributed by atoms with van der Waals surface area (Å²) in [6.07, 6.45) is 0. The van der Waals surface area contributed by atoms with Crippen LogP contribution in [0.3, 0.4) is 0 Å². The molecule has 0 radical (unpaired) electrons. The van der Waals surface area contributed by atoms with Gasteiger partial charge in [-0.3, -0.25) is 4.79 Å². The van der Waals surface area contributed by atoms with Crippen molar-refractivity contribution in [1.29, 1.82) is 0 Å². The number of nitrogens with one attached hydrogen (secondary N) is 1. The topological polar surface area (TPSA) is 49.3 Å². The fourth-order valence-electron chi connectivity index (χ4n) is 1.45. The minimum atomic E-state index is -0.382. The molecule has 1 amide bonds. The second-order valence-corrected chi connectivity index (χ2v) is 5.36. The minimum Gasteiger partial charge on any atom is -0.507 e. The molecule has 0 bridgehead atoms. The molecule has 19 heavy (non-hydrogen) atoms. The predicted molar refractivity (Wildman–Crippen MR) is 80.2 cm³/mol. The highest BCUT2D eigenvalue weighted by atomic mass is 79.9. The van der Waals surface area contributed by atoms with Gasteiger partial charge in [-0.05, 0) is 46.3 Å². The van der Waals surface area contributed by atoms with Gasteiger partial charge in [-0.15, -0.1) is 0 Å². The monoisotopic (exact) mass is 359 g/mol. The van der Waals surface area contributed by atoms with Crippen molar-refractivity contribution >= 4 is 50.7 Å². The SMILES string of the molecule is O=C(Nc1cccc(Cl)c1Cl)c1ccc(Br)c(O)c1. The second kappa shape index (κ2) is 5.82. The molecule has 0 atom stereocenters. The van der Waals surface area contributed by atoms with Crippen LogP contribution in [0.15, 0.2) is 40.9 Å². The number of carbonyl (C=O) groups is 1. The largest absolute Gasteiger partial charge is 0.507 e. The van der Waals surface area contributed by atoms with Gasteiger partial charge in [-0.2, -0.15) is 0 Å². The number of phenols is 1. The zero-order valence-corrected chi connectivity index (χ0v) is 12.6. The molecule has 6 heteroatoms. The van der Waals surface area contributed by atoms with E-state index < -0.39 is 0 Å². The fourth-order valence-corrected chi connectivity index (χ4v) is 2.04. The summed E-state index contributed by atoms with van der Waals surface area (Å²) in [6, 6.07) is 9.48. The van der Waals surface area contributed by atoms with Crippen LogP contribution in [0.1, 0.15) is 10.4 Å². The average molecular weight is 361 g/mol. The molecule has 2 N–H and O–H groups in total. The number of benzene rings is 2. The molecule has 0 saturated heterocycles. The first kappa shape index (κ1) is 14.2. The first-order chi connectivity index (χ1) is 8.99. The molecule has 3 nitrogen and oxygen atoms in total. The third kappa shape index (κ3) is 3.21. The molecule has 0 unspecified atom stereocenters. The summed E-state index contributed by atoms with van der Waals surface area (Å²) in [4.78, 5) is 12.0. The van der Waals surface area contributed by atoms with Crippen LogP contribution in [0.5, 0.6) is 5.75 Å². The van der Waals surface area contributed by atoms with Crippen LogP contribution in [-0.2, 0) is 0 Å². The Morgan fingerprint density at radius 1 is 1.21 bits per heavy atom. The lowest BCUT2D eigenvalue weighted by molar-refractivity contribution is 0.102. The molecule has 2 aromatic carbocycles. The van der Waals surface area contributed by atoms with E-state index in [1.165, 1.54) is 6.07 Å². The van der Waals surface area contributed by atoms with Crippen molar-refractivity contribution in [1.82, 2.24) is 0 Å². The predicted octanol–water partition coefficient (Wildman–Crippen LogP) is 4.71. The Balaban J connectivity index is 2.26. The summed E-state index contributed by atoms with van der Waals surface area (Å²) in [6.45, 7) is 0. The third-order valence-corrected chi connectivity index (χ3v) is 3.90. The molecule has 0 heterocycles. The van der Waals surface area contributed by atoms with E-state index in [0.29, 0.717) is 20.7 Å². The molecule has 0 aromatic heterocycles. The third-order valence-electron chi connectivity index (χ3n) is 2.41. The van der Waals surface area contributed by atoms with E-state index in [0.717, 1.165) is 0 Å². The maximum atomic E-state index is 12.0. The molecule has 0 saturated carbocycles. The van der Waals surface area contributed by atoms with Crippen LogP contribution >= 0.6 is 39.1 Å². The molecule has 0 aliphatic rings. The Morgan fingerprint density at radius 3 is 2.63 bits per heavy atom. The van der Waals surface area contributed by atoms with Crippen LogP contribution in [0, 0.1) is 0 Å². The maximum absolute atomic E-state index is 12.0. The molecule has 2 rings (SSSR count). The highest BCUT2D eigenvalue weighted by Crippen LogP contribution is 2.30. The smallest absolute Gasteiger partial charge is 0.255 e. The summed E-state index contributed by atoms with van der Waals surface area (Å²) in [5.74, 6) is -0.392. The molecule has 2 aromatic rings. The normalized spacial score (nSPS) is 10.3. The van der Waals surface area contributed by atoms with Gasteiger partial charge in [0.05, 0.1) is 20.2 Å². The Kier molecular flexibility index (Phi) is 4.34. The van der Waals surface area contributed by atoms with Crippen molar-refractivity contribution in [3.05, 3.63) is 56.5 Å². The van der Waals surface area contributed by atoms with Gasteiger partial charge in [0.25, 0.3) is 5.91 Å².